The number of ether oxygens (including phenoxy) is 1. The van der Waals surface area contributed by atoms with Gasteiger partial charge in [0.05, 0.1) is 13.2 Å². The Morgan fingerprint density at radius 3 is 3.11 bits per heavy atom. The predicted molar refractivity (Wildman–Crippen MR) is 76.6 cm³/mol. The SMILES string of the molecule is COCCNCC(=O)N1CCCc2cccc(C)c21. The van der Waals surface area contributed by atoms with Crippen molar-refractivity contribution in [2.45, 2.75) is 19.8 Å². The molecule has 1 aromatic rings. The summed E-state index contributed by atoms with van der Waals surface area (Å²) in [4.78, 5) is 14.2. The summed E-state index contributed by atoms with van der Waals surface area (Å²) in [6.45, 7) is 4.60. The average Bonchev–Trinajstić information content (AvgIpc) is 2.43. The second kappa shape index (κ2) is 6.68. The number of nitrogens with one attached hydrogen (secondary N) is 1. The van der Waals surface area contributed by atoms with Crippen molar-refractivity contribution in [2.75, 3.05) is 38.3 Å². The van der Waals surface area contributed by atoms with Crippen LogP contribution in [0.2, 0.25) is 0 Å². The van der Waals surface area contributed by atoms with Crippen LogP contribution < -0.4 is 10.2 Å². The number of nitrogens with zero attached hydrogens (tertiary/aromatic N) is 1. The van der Waals surface area contributed by atoms with E-state index >= 15 is 0 Å². The summed E-state index contributed by atoms with van der Waals surface area (Å²) in [6, 6.07) is 6.27. The molecule has 4 heteroatoms. The Balaban J connectivity index is 2.04. The van der Waals surface area contributed by atoms with Gasteiger partial charge in [0.15, 0.2) is 0 Å². The first-order valence-corrected chi connectivity index (χ1v) is 6.82. The third-order valence-corrected chi connectivity index (χ3v) is 3.48. The van der Waals surface area contributed by atoms with E-state index in [4.69, 9.17) is 4.74 Å². The number of rotatable bonds is 5. The van der Waals surface area contributed by atoms with Gasteiger partial charge in [0, 0.05) is 25.9 Å². The van der Waals surface area contributed by atoms with Gasteiger partial charge in [-0.2, -0.15) is 0 Å². The van der Waals surface area contributed by atoms with Crippen LogP contribution in [0.5, 0.6) is 0 Å². The van der Waals surface area contributed by atoms with Crippen LogP contribution in [0.25, 0.3) is 0 Å². The van der Waals surface area contributed by atoms with E-state index in [9.17, 15) is 4.79 Å². The van der Waals surface area contributed by atoms with Crippen LogP contribution in [-0.4, -0.2) is 39.3 Å². The van der Waals surface area contributed by atoms with Gasteiger partial charge in [-0.3, -0.25) is 4.79 Å². The second-order valence-electron chi connectivity index (χ2n) is 4.90. The largest absolute Gasteiger partial charge is 0.383 e. The highest BCUT2D eigenvalue weighted by Crippen LogP contribution is 2.30. The van der Waals surface area contributed by atoms with Gasteiger partial charge < -0.3 is 15.0 Å². The van der Waals surface area contributed by atoms with Crippen molar-refractivity contribution >= 4 is 11.6 Å². The van der Waals surface area contributed by atoms with E-state index in [0.717, 1.165) is 25.1 Å². The van der Waals surface area contributed by atoms with Crippen molar-refractivity contribution in [3.63, 3.8) is 0 Å². The van der Waals surface area contributed by atoms with Gasteiger partial charge in [0.1, 0.15) is 0 Å². The van der Waals surface area contributed by atoms with Crippen molar-refractivity contribution in [1.29, 1.82) is 0 Å². The first-order chi connectivity index (χ1) is 9.24. The van der Waals surface area contributed by atoms with Crippen molar-refractivity contribution in [3.8, 4) is 0 Å². The van der Waals surface area contributed by atoms with Crippen LogP contribution in [0.1, 0.15) is 17.5 Å². The minimum absolute atomic E-state index is 0.145. The molecule has 0 radical (unpaired) electrons. The maximum Gasteiger partial charge on any atom is 0.240 e. The summed E-state index contributed by atoms with van der Waals surface area (Å²) in [6.07, 6.45) is 2.11. The second-order valence-corrected chi connectivity index (χ2v) is 4.90. The normalized spacial score (nSPS) is 14.3. The van der Waals surface area contributed by atoms with Gasteiger partial charge in [-0.25, -0.2) is 0 Å². The highest BCUT2D eigenvalue weighted by Gasteiger charge is 2.23. The number of aryl methyl sites for hydroxylation is 2. The molecule has 4 nitrogen and oxygen atoms in total. The van der Waals surface area contributed by atoms with Crippen LogP contribution in [0.4, 0.5) is 5.69 Å². The van der Waals surface area contributed by atoms with Crippen LogP contribution in [0.3, 0.4) is 0 Å². The third-order valence-electron chi connectivity index (χ3n) is 3.48. The molecular weight excluding hydrogens is 240 g/mol. The predicted octanol–water partition coefficient (Wildman–Crippen LogP) is 1.51. The number of methoxy groups -OCH3 is 1. The fraction of sp³-hybridized carbons (Fsp3) is 0.533. The lowest BCUT2D eigenvalue weighted by Crippen LogP contribution is -2.42. The first-order valence-electron chi connectivity index (χ1n) is 6.82. The lowest BCUT2D eigenvalue weighted by molar-refractivity contribution is -0.117. The smallest absolute Gasteiger partial charge is 0.240 e. The Bertz CT molecular complexity index is 446. The van der Waals surface area contributed by atoms with Crippen molar-refractivity contribution < 1.29 is 9.53 Å². The topological polar surface area (TPSA) is 41.6 Å². The molecule has 0 unspecified atom stereocenters. The molecule has 1 heterocycles. The Morgan fingerprint density at radius 1 is 1.47 bits per heavy atom. The molecule has 0 aliphatic carbocycles. The monoisotopic (exact) mass is 262 g/mol. The molecule has 1 amide bonds. The Hall–Kier alpha value is -1.39. The zero-order chi connectivity index (χ0) is 13.7. The lowest BCUT2D eigenvalue weighted by Gasteiger charge is -2.31. The van der Waals surface area contributed by atoms with E-state index in [0.29, 0.717) is 19.7 Å². The van der Waals surface area contributed by atoms with E-state index in [2.05, 4.69) is 30.4 Å². The molecule has 0 saturated heterocycles. The van der Waals surface area contributed by atoms with Gasteiger partial charge in [-0.1, -0.05) is 18.2 Å². The van der Waals surface area contributed by atoms with Crippen LogP contribution in [0, 0.1) is 6.92 Å². The fourth-order valence-corrected chi connectivity index (χ4v) is 2.56. The summed E-state index contributed by atoms with van der Waals surface area (Å²) in [7, 11) is 1.66. The Morgan fingerprint density at radius 2 is 2.32 bits per heavy atom. The number of hydrogen-bond acceptors (Lipinski definition) is 3. The van der Waals surface area contributed by atoms with E-state index in [-0.39, 0.29) is 5.91 Å². The molecule has 0 fully saturated rings. The van der Waals surface area contributed by atoms with Crippen molar-refractivity contribution in [2.24, 2.45) is 0 Å². The number of para-hydroxylation sites is 1. The van der Waals surface area contributed by atoms with Crippen LogP contribution in [-0.2, 0) is 16.0 Å². The third kappa shape index (κ3) is 3.33. The van der Waals surface area contributed by atoms with Gasteiger partial charge >= 0.3 is 0 Å². The molecule has 1 N–H and O–H groups in total. The Kier molecular flexibility index (Phi) is 4.93. The van der Waals surface area contributed by atoms with Gasteiger partial charge in [-0.15, -0.1) is 0 Å². The number of amides is 1. The molecule has 2 rings (SSSR count). The minimum atomic E-state index is 0.145. The highest BCUT2D eigenvalue weighted by atomic mass is 16.5. The molecule has 1 aromatic carbocycles. The summed E-state index contributed by atoms with van der Waals surface area (Å²) >= 11 is 0. The summed E-state index contributed by atoms with van der Waals surface area (Å²) in [5, 5.41) is 3.12. The van der Waals surface area contributed by atoms with Crippen LogP contribution in [0.15, 0.2) is 18.2 Å². The van der Waals surface area contributed by atoms with E-state index < -0.39 is 0 Å². The molecule has 1 aliphatic heterocycles. The molecule has 104 valence electrons. The number of carbonyl (C=O) groups is 1. The number of anilines is 1. The maximum absolute atomic E-state index is 12.3. The molecular formula is C15H22N2O2. The average molecular weight is 262 g/mol. The molecule has 0 saturated carbocycles. The standard InChI is InChI=1S/C15H22N2O2/c1-12-5-3-6-13-7-4-9-17(15(12)13)14(18)11-16-8-10-19-2/h3,5-6,16H,4,7-11H2,1-2H3. The first kappa shape index (κ1) is 14.0. The summed E-state index contributed by atoms with van der Waals surface area (Å²) in [5.74, 6) is 0.145. The van der Waals surface area contributed by atoms with E-state index in [1.807, 2.05) is 4.90 Å². The lowest BCUT2D eigenvalue weighted by atomic mass is 9.98. The zero-order valence-electron chi connectivity index (χ0n) is 11.7. The van der Waals surface area contributed by atoms with Gasteiger partial charge in [0.25, 0.3) is 0 Å². The zero-order valence-corrected chi connectivity index (χ0v) is 11.7. The molecule has 1 aliphatic rings. The summed E-state index contributed by atoms with van der Waals surface area (Å²) in [5.41, 5.74) is 3.59. The molecule has 0 aromatic heterocycles. The van der Waals surface area contributed by atoms with Gasteiger partial charge in [0.2, 0.25) is 5.91 Å². The summed E-state index contributed by atoms with van der Waals surface area (Å²) < 4.78 is 4.96. The van der Waals surface area contributed by atoms with E-state index in [1.165, 1.54) is 11.1 Å². The van der Waals surface area contributed by atoms with Crippen molar-refractivity contribution in [1.82, 2.24) is 5.32 Å². The molecule has 0 atom stereocenters. The van der Waals surface area contributed by atoms with Crippen LogP contribution >= 0.6 is 0 Å². The molecule has 19 heavy (non-hydrogen) atoms. The quantitative estimate of drug-likeness (QED) is 0.818. The van der Waals surface area contributed by atoms with Crippen molar-refractivity contribution in [3.05, 3.63) is 29.3 Å². The number of benzene rings is 1. The maximum atomic E-state index is 12.3. The highest BCUT2D eigenvalue weighted by molar-refractivity contribution is 5.96. The van der Waals surface area contributed by atoms with E-state index in [1.54, 1.807) is 7.11 Å². The minimum Gasteiger partial charge on any atom is -0.383 e. The Labute approximate surface area is 114 Å². The van der Waals surface area contributed by atoms with Gasteiger partial charge in [-0.05, 0) is 30.9 Å². The molecule has 0 bridgehead atoms. The number of fused-ring (bicyclic) bond motifs is 1. The fourth-order valence-electron chi connectivity index (χ4n) is 2.56. The number of carbonyl (C=O) groups excluding carboxylic acids is 1. The number of hydrogen-bond donors (Lipinski definition) is 1. The molecule has 0 spiro atoms.